The molecule has 2 heterocycles. The number of nitrogens with zero attached hydrogens (tertiary/aromatic N) is 3. The van der Waals surface area contributed by atoms with Crippen LogP contribution in [0.4, 0.5) is 5.69 Å². The van der Waals surface area contributed by atoms with Gasteiger partial charge in [-0.05, 0) is 55.5 Å². The van der Waals surface area contributed by atoms with Gasteiger partial charge in [0.2, 0.25) is 0 Å². The third-order valence-electron chi connectivity index (χ3n) is 5.34. The fraction of sp³-hybridized carbons (Fsp3) is 0.273. The second kappa shape index (κ2) is 9.07. The minimum Gasteiger partial charge on any atom is -0.508 e. The SMILES string of the molecule is Cc1csc(Sc2ccc(C(=O)N3CCC(c4ccc(O)cc4)CC3)cc2[N+](=O)[O-])n1. The summed E-state index contributed by atoms with van der Waals surface area (Å²) in [4.78, 5) is 30.7. The Morgan fingerprint density at radius 1 is 1.23 bits per heavy atom. The Morgan fingerprint density at radius 2 is 1.94 bits per heavy atom. The molecule has 1 N–H and O–H groups in total. The number of phenolic OH excluding ortho intramolecular Hbond substituents is 1. The van der Waals surface area contributed by atoms with Crippen LogP contribution < -0.4 is 0 Å². The number of nitro groups is 1. The van der Waals surface area contributed by atoms with Crippen molar-refractivity contribution >= 4 is 34.7 Å². The van der Waals surface area contributed by atoms with Crippen molar-refractivity contribution in [3.05, 3.63) is 74.8 Å². The average molecular weight is 456 g/mol. The predicted molar refractivity (Wildman–Crippen MR) is 120 cm³/mol. The van der Waals surface area contributed by atoms with E-state index in [1.165, 1.54) is 29.2 Å². The summed E-state index contributed by atoms with van der Waals surface area (Å²) in [5.41, 5.74) is 2.27. The van der Waals surface area contributed by atoms with Gasteiger partial charge in [0.25, 0.3) is 11.6 Å². The first kappa shape index (κ1) is 21.3. The van der Waals surface area contributed by atoms with Crippen LogP contribution in [0.25, 0.3) is 0 Å². The molecule has 9 heteroatoms. The number of carbonyl (C=O) groups is 1. The number of hydrogen-bond acceptors (Lipinski definition) is 7. The van der Waals surface area contributed by atoms with E-state index < -0.39 is 4.92 Å². The quantitative estimate of drug-likeness (QED) is 0.418. The number of amides is 1. The maximum Gasteiger partial charge on any atom is 0.284 e. The molecule has 1 aliphatic rings. The van der Waals surface area contributed by atoms with Crippen LogP contribution in [0, 0.1) is 17.0 Å². The molecule has 160 valence electrons. The van der Waals surface area contributed by atoms with Gasteiger partial charge in [0.1, 0.15) is 5.75 Å². The molecule has 0 bridgehead atoms. The normalized spacial score (nSPS) is 14.5. The van der Waals surface area contributed by atoms with Crippen LogP contribution in [0.5, 0.6) is 5.75 Å². The summed E-state index contributed by atoms with van der Waals surface area (Å²) in [6, 6.07) is 11.9. The zero-order valence-corrected chi connectivity index (χ0v) is 18.5. The first-order valence-electron chi connectivity index (χ1n) is 9.87. The third kappa shape index (κ3) is 4.88. The van der Waals surface area contributed by atoms with Crippen LogP contribution in [0.3, 0.4) is 0 Å². The zero-order valence-electron chi connectivity index (χ0n) is 16.9. The summed E-state index contributed by atoms with van der Waals surface area (Å²) >= 11 is 2.68. The first-order chi connectivity index (χ1) is 14.9. The highest BCUT2D eigenvalue weighted by atomic mass is 32.2. The van der Waals surface area contributed by atoms with Gasteiger partial charge in [0.05, 0.1) is 9.82 Å². The minimum absolute atomic E-state index is 0.0808. The molecule has 4 rings (SSSR count). The highest BCUT2D eigenvalue weighted by Gasteiger charge is 2.26. The summed E-state index contributed by atoms with van der Waals surface area (Å²) in [7, 11) is 0. The first-order valence-corrected chi connectivity index (χ1v) is 11.6. The maximum absolute atomic E-state index is 13.0. The molecule has 2 aromatic carbocycles. The van der Waals surface area contributed by atoms with Crippen LogP contribution in [-0.4, -0.2) is 38.9 Å². The fourth-order valence-corrected chi connectivity index (χ4v) is 5.58. The second-order valence-electron chi connectivity index (χ2n) is 7.45. The monoisotopic (exact) mass is 455 g/mol. The second-order valence-corrected chi connectivity index (χ2v) is 9.60. The van der Waals surface area contributed by atoms with Gasteiger partial charge in [-0.1, -0.05) is 23.9 Å². The lowest BCUT2D eigenvalue weighted by Crippen LogP contribution is -2.37. The Labute approximate surface area is 187 Å². The number of carbonyl (C=O) groups excluding carboxylic acids is 1. The molecular weight excluding hydrogens is 434 g/mol. The van der Waals surface area contributed by atoms with Crippen LogP contribution in [0.1, 0.15) is 40.4 Å². The molecule has 1 fully saturated rings. The van der Waals surface area contributed by atoms with E-state index in [4.69, 9.17) is 0 Å². The number of benzene rings is 2. The Balaban J connectivity index is 1.46. The van der Waals surface area contributed by atoms with Crippen molar-refractivity contribution in [1.29, 1.82) is 0 Å². The van der Waals surface area contributed by atoms with Gasteiger partial charge < -0.3 is 10.0 Å². The van der Waals surface area contributed by atoms with Gasteiger partial charge in [0, 0.05) is 35.8 Å². The van der Waals surface area contributed by atoms with Crippen molar-refractivity contribution in [2.75, 3.05) is 13.1 Å². The number of likely N-dealkylation sites (tertiary alicyclic amines) is 1. The molecule has 31 heavy (non-hydrogen) atoms. The number of hydrogen-bond donors (Lipinski definition) is 1. The number of aryl methyl sites for hydroxylation is 1. The van der Waals surface area contributed by atoms with Gasteiger partial charge in [-0.2, -0.15) is 0 Å². The number of rotatable bonds is 5. The van der Waals surface area contributed by atoms with Gasteiger partial charge in [0.15, 0.2) is 4.34 Å². The van der Waals surface area contributed by atoms with Crippen LogP contribution in [0.2, 0.25) is 0 Å². The number of phenols is 1. The smallest absolute Gasteiger partial charge is 0.284 e. The van der Waals surface area contributed by atoms with Crippen molar-refractivity contribution in [3.63, 3.8) is 0 Å². The number of aromatic hydroxyl groups is 1. The number of nitro benzene ring substituents is 1. The third-order valence-corrected chi connectivity index (χ3v) is 7.47. The molecule has 0 radical (unpaired) electrons. The van der Waals surface area contributed by atoms with Crippen molar-refractivity contribution in [1.82, 2.24) is 9.88 Å². The summed E-state index contributed by atoms with van der Waals surface area (Å²) in [5, 5.41) is 23.0. The molecule has 0 spiro atoms. The Morgan fingerprint density at radius 3 is 2.55 bits per heavy atom. The Bertz CT molecular complexity index is 1110. The standard InChI is InChI=1S/C22H21N3O4S2/c1-14-13-30-22(23-14)31-20-7-4-17(12-19(20)25(28)29)21(27)24-10-8-16(9-11-24)15-2-5-18(26)6-3-15/h2-7,12-13,16,26H,8-11H2,1H3. The van der Waals surface area contributed by atoms with Gasteiger partial charge in [-0.15, -0.1) is 11.3 Å². The summed E-state index contributed by atoms with van der Waals surface area (Å²) in [5.74, 6) is 0.387. The molecule has 7 nitrogen and oxygen atoms in total. The van der Waals surface area contributed by atoms with E-state index >= 15 is 0 Å². The highest BCUT2D eigenvalue weighted by Crippen LogP contribution is 2.37. The number of thiazole rings is 1. The van der Waals surface area contributed by atoms with Crippen LogP contribution in [0.15, 0.2) is 57.1 Å². The molecular formula is C22H21N3O4S2. The van der Waals surface area contributed by atoms with Crippen molar-refractivity contribution in [3.8, 4) is 5.75 Å². The van der Waals surface area contributed by atoms with E-state index in [0.29, 0.717) is 29.5 Å². The van der Waals surface area contributed by atoms with Crippen molar-refractivity contribution < 1.29 is 14.8 Å². The van der Waals surface area contributed by atoms with Crippen molar-refractivity contribution in [2.45, 2.75) is 34.9 Å². The van der Waals surface area contributed by atoms with E-state index in [1.54, 1.807) is 29.2 Å². The minimum atomic E-state index is -0.448. The van der Waals surface area contributed by atoms with Crippen molar-refractivity contribution in [2.24, 2.45) is 0 Å². The molecule has 0 saturated carbocycles. The molecule has 1 saturated heterocycles. The van der Waals surface area contributed by atoms with E-state index in [2.05, 4.69) is 4.98 Å². The molecule has 3 aromatic rings. The van der Waals surface area contributed by atoms with Crippen LogP contribution >= 0.6 is 23.1 Å². The Kier molecular flexibility index (Phi) is 6.24. The lowest BCUT2D eigenvalue weighted by molar-refractivity contribution is -0.387. The average Bonchev–Trinajstić information content (AvgIpc) is 3.18. The van der Waals surface area contributed by atoms with Gasteiger partial charge >= 0.3 is 0 Å². The van der Waals surface area contributed by atoms with E-state index in [1.807, 2.05) is 24.4 Å². The molecule has 0 aliphatic carbocycles. The number of aromatic nitrogens is 1. The van der Waals surface area contributed by atoms with E-state index in [9.17, 15) is 20.0 Å². The van der Waals surface area contributed by atoms with E-state index in [-0.39, 0.29) is 17.3 Å². The molecule has 1 aromatic heterocycles. The van der Waals surface area contributed by atoms with Gasteiger partial charge in [-0.25, -0.2) is 4.98 Å². The molecule has 1 aliphatic heterocycles. The number of piperidine rings is 1. The topological polar surface area (TPSA) is 96.6 Å². The maximum atomic E-state index is 13.0. The lowest BCUT2D eigenvalue weighted by Gasteiger charge is -2.32. The Hall–Kier alpha value is -2.91. The summed E-state index contributed by atoms with van der Waals surface area (Å²) < 4.78 is 0.732. The molecule has 0 atom stereocenters. The largest absolute Gasteiger partial charge is 0.508 e. The predicted octanol–water partition coefficient (Wildman–Crippen LogP) is 5.24. The van der Waals surface area contributed by atoms with Gasteiger partial charge in [-0.3, -0.25) is 14.9 Å². The fourth-order valence-electron chi connectivity index (χ4n) is 3.70. The van der Waals surface area contributed by atoms with Crippen LogP contribution in [-0.2, 0) is 0 Å². The molecule has 1 amide bonds. The highest BCUT2D eigenvalue weighted by molar-refractivity contribution is 8.01. The lowest BCUT2D eigenvalue weighted by atomic mass is 9.89. The summed E-state index contributed by atoms with van der Waals surface area (Å²) in [6.45, 7) is 3.06. The zero-order chi connectivity index (χ0) is 22.0. The molecule has 0 unspecified atom stereocenters. The van der Waals surface area contributed by atoms with E-state index in [0.717, 1.165) is 28.4 Å². The summed E-state index contributed by atoms with van der Waals surface area (Å²) in [6.07, 6.45) is 1.63.